The number of benzene rings is 2. The van der Waals surface area contributed by atoms with Gasteiger partial charge in [-0.25, -0.2) is 4.98 Å². The summed E-state index contributed by atoms with van der Waals surface area (Å²) in [5.41, 5.74) is 2.73. The Morgan fingerprint density at radius 3 is 2.62 bits per heavy atom. The number of aromatic nitrogens is 1. The number of rotatable bonds is 7. The number of halogens is 1. The van der Waals surface area contributed by atoms with Crippen molar-refractivity contribution in [2.24, 2.45) is 0 Å². The number of carbonyl (C=O) groups excluding carboxylic acids is 1. The number of thiazole rings is 1. The number of carboxylic acid groups (broad SMARTS) is 1. The predicted molar refractivity (Wildman–Crippen MR) is 126 cm³/mol. The average molecular weight is 465 g/mol. The lowest BCUT2D eigenvalue weighted by molar-refractivity contribution is -0.136. The van der Waals surface area contributed by atoms with Crippen LogP contribution in [0.2, 0.25) is 5.02 Å². The number of aliphatic carboxylic acids is 1. The number of carbonyl (C=O) groups is 2. The molecule has 0 atom stereocenters. The molecule has 160 valence electrons. The van der Waals surface area contributed by atoms with E-state index in [-0.39, 0.29) is 12.3 Å². The van der Waals surface area contributed by atoms with E-state index in [1.54, 1.807) is 41.8 Å². The van der Waals surface area contributed by atoms with Gasteiger partial charge in [0.1, 0.15) is 16.5 Å². The Morgan fingerprint density at radius 1 is 1.09 bits per heavy atom. The van der Waals surface area contributed by atoms with Crippen molar-refractivity contribution in [1.82, 2.24) is 4.98 Å². The third-order valence-corrected chi connectivity index (χ3v) is 5.60. The molecule has 2 aromatic carbocycles. The molecule has 0 bridgehead atoms. The van der Waals surface area contributed by atoms with E-state index in [1.165, 1.54) is 17.4 Å². The molecule has 6 nitrogen and oxygen atoms in total. The van der Waals surface area contributed by atoms with Gasteiger partial charge >= 0.3 is 5.97 Å². The molecule has 2 aromatic heterocycles. The second kappa shape index (κ2) is 9.64. The topological polar surface area (TPSA) is 92.4 Å². The lowest BCUT2D eigenvalue weighted by atomic mass is 10.1. The second-order valence-corrected chi connectivity index (χ2v) is 8.14. The van der Waals surface area contributed by atoms with E-state index < -0.39 is 5.97 Å². The van der Waals surface area contributed by atoms with E-state index in [2.05, 4.69) is 10.3 Å². The van der Waals surface area contributed by atoms with Crippen molar-refractivity contribution < 1.29 is 19.1 Å². The lowest BCUT2D eigenvalue weighted by Crippen LogP contribution is -2.07. The number of furan rings is 1. The Morgan fingerprint density at radius 2 is 1.88 bits per heavy atom. The molecule has 0 spiro atoms. The Hall–Kier alpha value is -3.68. The van der Waals surface area contributed by atoms with Gasteiger partial charge in [0, 0.05) is 22.7 Å². The average Bonchev–Trinajstić information content (AvgIpc) is 3.42. The van der Waals surface area contributed by atoms with Crippen molar-refractivity contribution in [2.75, 3.05) is 5.32 Å². The maximum atomic E-state index is 12.2. The minimum atomic E-state index is -0.930. The van der Waals surface area contributed by atoms with Crippen LogP contribution in [-0.4, -0.2) is 22.0 Å². The summed E-state index contributed by atoms with van der Waals surface area (Å²) in [6, 6.07) is 18.2. The van der Waals surface area contributed by atoms with Gasteiger partial charge in [-0.3, -0.25) is 9.59 Å². The van der Waals surface area contributed by atoms with Crippen LogP contribution in [0.4, 0.5) is 5.69 Å². The minimum absolute atomic E-state index is 0.127. The van der Waals surface area contributed by atoms with Crippen LogP contribution in [-0.2, 0) is 16.0 Å². The van der Waals surface area contributed by atoms with Crippen LogP contribution in [0.15, 0.2) is 76.5 Å². The molecule has 4 aromatic rings. The molecule has 0 fully saturated rings. The van der Waals surface area contributed by atoms with Gasteiger partial charge in [-0.1, -0.05) is 41.9 Å². The minimum Gasteiger partial charge on any atom is -0.481 e. The first-order valence-corrected chi connectivity index (χ1v) is 10.8. The molecule has 0 saturated carbocycles. The molecule has 2 N–H and O–H groups in total. The summed E-state index contributed by atoms with van der Waals surface area (Å²) >= 11 is 7.70. The second-order valence-electron chi connectivity index (χ2n) is 6.79. The van der Waals surface area contributed by atoms with Crippen LogP contribution in [0, 0.1) is 0 Å². The smallest absolute Gasteiger partial charge is 0.310 e. The number of hydrogen-bond acceptors (Lipinski definition) is 5. The highest BCUT2D eigenvalue weighted by Crippen LogP contribution is 2.34. The number of nitrogens with zero attached hydrogens (tertiary/aromatic N) is 1. The predicted octanol–water partition coefficient (Wildman–Crippen LogP) is 6.00. The molecule has 32 heavy (non-hydrogen) atoms. The molecule has 0 aliphatic heterocycles. The molecule has 0 radical (unpaired) electrons. The number of hydrogen-bond donors (Lipinski definition) is 2. The number of carboxylic acids is 1. The highest BCUT2D eigenvalue weighted by molar-refractivity contribution is 7.10. The van der Waals surface area contributed by atoms with Crippen LogP contribution in [0.25, 0.3) is 28.9 Å². The molecule has 0 aliphatic carbocycles. The molecular formula is C24H17ClN2O4S. The maximum absolute atomic E-state index is 12.2. The summed E-state index contributed by atoms with van der Waals surface area (Å²) in [7, 11) is 0. The van der Waals surface area contributed by atoms with Crippen molar-refractivity contribution in [3.63, 3.8) is 0 Å². The highest BCUT2D eigenvalue weighted by atomic mass is 35.5. The molecule has 0 aliphatic rings. The number of amides is 1. The molecule has 2 heterocycles. The fourth-order valence-corrected chi connectivity index (χ4v) is 4.02. The number of anilines is 1. The summed E-state index contributed by atoms with van der Waals surface area (Å²) in [5.74, 6) is -0.133. The Bertz CT molecular complexity index is 1290. The zero-order chi connectivity index (χ0) is 22.5. The van der Waals surface area contributed by atoms with Gasteiger partial charge < -0.3 is 14.8 Å². The van der Waals surface area contributed by atoms with E-state index in [4.69, 9.17) is 21.1 Å². The normalized spacial score (nSPS) is 11.0. The molecule has 1 amide bonds. The summed E-state index contributed by atoms with van der Waals surface area (Å²) < 4.78 is 5.88. The fourth-order valence-electron chi connectivity index (χ4n) is 2.97. The SMILES string of the molecule is O=C(O)Cc1nc(-c2ccc(-c3ccc(NC(=O)C=Cc4ccccc4)cc3Cl)o2)cs1. The quantitative estimate of drug-likeness (QED) is 0.327. The van der Waals surface area contributed by atoms with Gasteiger partial charge in [0.05, 0.1) is 11.4 Å². The van der Waals surface area contributed by atoms with Crippen LogP contribution in [0.3, 0.4) is 0 Å². The van der Waals surface area contributed by atoms with Crippen molar-refractivity contribution in [2.45, 2.75) is 6.42 Å². The Labute approximate surface area is 192 Å². The van der Waals surface area contributed by atoms with Crippen molar-refractivity contribution in [3.8, 4) is 22.8 Å². The molecular weight excluding hydrogens is 448 g/mol. The Balaban J connectivity index is 1.45. The molecule has 0 unspecified atom stereocenters. The van der Waals surface area contributed by atoms with Gasteiger partial charge in [0.2, 0.25) is 5.91 Å². The van der Waals surface area contributed by atoms with Gasteiger partial charge in [-0.2, -0.15) is 0 Å². The molecule has 8 heteroatoms. The first-order chi connectivity index (χ1) is 15.5. The zero-order valence-electron chi connectivity index (χ0n) is 16.6. The van der Waals surface area contributed by atoms with E-state index in [9.17, 15) is 9.59 Å². The first kappa shape index (κ1) is 21.5. The van der Waals surface area contributed by atoms with Crippen LogP contribution in [0.5, 0.6) is 0 Å². The summed E-state index contributed by atoms with van der Waals surface area (Å²) in [6.07, 6.45) is 3.07. The monoisotopic (exact) mass is 464 g/mol. The van der Waals surface area contributed by atoms with Crippen molar-refractivity contribution in [1.29, 1.82) is 0 Å². The summed E-state index contributed by atoms with van der Waals surface area (Å²) in [5, 5.41) is 14.3. The summed E-state index contributed by atoms with van der Waals surface area (Å²) in [6.45, 7) is 0. The highest BCUT2D eigenvalue weighted by Gasteiger charge is 2.14. The van der Waals surface area contributed by atoms with Gasteiger partial charge in [0.25, 0.3) is 0 Å². The van der Waals surface area contributed by atoms with Crippen LogP contribution >= 0.6 is 22.9 Å². The molecule has 0 saturated heterocycles. The van der Waals surface area contributed by atoms with E-state index in [0.717, 1.165) is 5.56 Å². The zero-order valence-corrected chi connectivity index (χ0v) is 18.2. The van der Waals surface area contributed by atoms with Crippen molar-refractivity contribution >= 4 is 46.6 Å². The van der Waals surface area contributed by atoms with Gasteiger partial charge in [-0.05, 0) is 42.0 Å². The summed E-state index contributed by atoms with van der Waals surface area (Å²) in [4.78, 5) is 27.3. The lowest BCUT2D eigenvalue weighted by Gasteiger charge is -2.06. The van der Waals surface area contributed by atoms with Gasteiger partial charge in [0.15, 0.2) is 5.76 Å². The van der Waals surface area contributed by atoms with E-state index in [1.807, 2.05) is 30.3 Å². The molecule has 4 rings (SSSR count). The third-order valence-electron chi connectivity index (χ3n) is 4.44. The maximum Gasteiger partial charge on any atom is 0.310 e. The van der Waals surface area contributed by atoms with E-state index >= 15 is 0 Å². The third kappa shape index (κ3) is 5.32. The van der Waals surface area contributed by atoms with Crippen LogP contribution in [0.1, 0.15) is 10.6 Å². The first-order valence-electron chi connectivity index (χ1n) is 9.58. The standard InChI is InChI=1S/C24H17ClN2O4S/c25-18-12-16(26-22(28)11-6-15-4-2-1-3-5-15)7-8-17(18)20-9-10-21(31-20)19-14-32-23(27-19)13-24(29)30/h1-12,14H,13H2,(H,26,28)(H,29,30). The fraction of sp³-hybridized carbons (Fsp3) is 0.0417. The van der Waals surface area contributed by atoms with E-state index in [0.29, 0.717) is 38.5 Å². The Kier molecular flexibility index (Phi) is 6.49. The van der Waals surface area contributed by atoms with Crippen LogP contribution < -0.4 is 5.32 Å². The van der Waals surface area contributed by atoms with Gasteiger partial charge in [-0.15, -0.1) is 11.3 Å². The van der Waals surface area contributed by atoms with Crippen molar-refractivity contribution in [3.05, 3.63) is 87.7 Å². The largest absolute Gasteiger partial charge is 0.481 e. The number of nitrogens with one attached hydrogen (secondary N) is 1.